The van der Waals surface area contributed by atoms with Crippen molar-refractivity contribution in [3.63, 3.8) is 0 Å². The van der Waals surface area contributed by atoms with Gasteiger partial charge in [0.25, 0.3) is 5.91 Å². The van der Waals surface area contributed by atoms with Crippen LogP contribution in [0.5, 0.6) is 0 Å². The minimum Gasteiger partial charge on any atom is -0.344 e. The summed E-state index contributed by atoms with van der Waals surface area (Å²) in [5.74, 6) is 1.70. The van der Waals surface area contributed by atoms with Crippen molar-refractivity contribution in [2.45, 2.75) is 6.92 Å². The predicted molar refractivity (Wildman–Crippen MR) is 65.4 cm³/mol. The molecule has 4 nitrogen and oxygen atoms in total. The lowest BCUT2D eigenvalue weighted by Gasteiger charge is -2.05. The van der Waals surface area contributed by atoms with Gasteiger partial charge in [0.1, 0.15) is 0 Å². The van der Waals surface area contributed by atoms with E-state index >= 15 is 0 Å². The molecule has 0 aromatic heterocycles. The number of carbonyl (C=O) groups excluding carboxylic acids is 2. The number of aryl methyl sites for hydroxylation is 1. The van der Waals surface area contributed by atoms with Gasteiger partial charge in [-0.1, -0.05) is 23.6 Å². The van der Waals surface area contributed by atoms with Crippen molar-refractivity contribution in [2.75, 3.05) is 13.1 Å². The monoisotopic (exact) mass is 230 g/mol. The molecule has 1 rings (SSSR count). The topological polar surface area (TPSA) is 58.2 Å². The van der Waals surface area contributed by atoms with Gasteiger partial charge < -0.3 is 10.6 Å². The SMILES string of the molecule is C#CCNC(=O)CNC(=O)c1ccc(C)cc1. The van der Waals surface area contributed by atoms with Gasteiger partial charge in [-0.25, -0.2) is 0 Å². The fraction of sp³-hybridized carbons (Fsp3) is 0.231. The van der Waals surface area contributed by atoms with E-state index in [1.807, 2.05) is 19.1 Å². The van der Waals surface area contributed by atoms with Crippen LogP contribution < -0.4 is 10.6 Å². The normalized spacial score (nSPS) is 9.18. The van der Waals surface area contributed by atoms with E-state index in [0.717, 1.165) is 5.56 Å². The number of hydrogen-bond donors (Lipinski definition) is 2. The summed E-state index contributed by atoms with van der Waals surface area (Å²) in [4.78, 5) is 22.8. The Balaban J connectivity index is 2.42. The van der Waals surface area contributed by atoms with Gasteiger partial charge in [0.05, 0.1) is 13.1 Å². The molecule has 1 aromatic rings. The highest BCUT2D eigenvalue weighted by molar-refractivity contribution is 5.96. The number of nitrogens with one attached hydrogen (secondary N) is 2. The lowest BCUT2D eigenvalue weighted by Crippen LogP contribution is -2.37. The highest BCUT2D eigenvalue weighted by Gasteiger charge is 2.06. The molecule has 0 saturated carbocycles. The van der Waals surface area contributed by atoms with Crippen LogP contribution in [0.3, 0.4) is 0 Å². The summed E-state index contributed by atoms with van der Waals surface area (Å²) in [5.41, 5.74) is 1.61. The van der Waals surface area contributed by atoms with E-state index < -0.39 is 0 Å². The highest BCUT2D eigenvalue weighted by Crippen LogP contribution is 2.02. The highest BCUT2D eigenvalue weighted by atomic mass is 16.2. The van der Waals surface area contributed by atoms with Crippen LogP contribution in [-0.4, -0.2) is 24.9 Å². The van der Waals surface area contributed by atoms with Gasteiger partial charge in [-0.2, -0.15) is 0 Å². The van der Waals surface area contributed by atoms with Crippen LogP contribution in [0.1, 0.15) is 15.9 Å². The van der Waals surface area contributed by atoms with Gasteiger partial charge in [0.2, 0.25) is 5.91 Å². The number of carbonyl (C=O) groups is 2. The molecule has 0 aliphatic heterocycles. The van der Waals surface area contributed by atoms with Gasteiger partial charge in [-0.05, 0) is 19.1 Å². The van der Waals surface area contributed by atoms with Crippen LogP contribution in [-0.2, 0) is 4.79 Å². The number of hydrogen-bond acceptors (Lipinski definition) is 2. The smallest absolute Gasteiger partial charge is 0.251 e. The number of benzene rings is 1. The molecule has 0 fully saturated rings. The minimum atomic E-state index is -0.302. The van der Waals surface area contributed by atoms with Crippen molar-refractivity contribution >= 4 is 11.8 Å². The van der Waals surface area contributed by atoms with Crippen LogP contribution in [0.25, 0.3) is 0 Å². The molecule has 0 saturated heterocycles. The Morgan fingerprint density at radius 2 is 1.88 bits per heavy atom. The summed E-state index contributed by atoms with van der Waals surface area (Å²) in [6.45, 7) is 2.03. The van der Waals surface area contributed by atoms with E-state index in [-0.39, 0.29) is 24.9 Å². The van der Waals surface area contributed by atoms with E-state index in [0.29, 0.717) is 5.56 Å². The maximum atomic E-state index is 11.6. The molecule has 4 heteroatoms. The van der Waals surface area contributed by atoms with E-state index in [9.17, 15) is 9.59 Å². The third-order valence-electron chi connectivity index (χ3n) is 2.11. The fourth-order valence-corrected chi connectivity index (χ4v) is 1.18. The number of amides is 2. The second-order valence-corrected chi connectivity index (χ2v) is 3.53. The average Bonchev–Trinajstić information content (AvgIpc) is 2.34. The van der Waals surface area contributed by atoms with E-state index in [2.05, 4.69) is 16.6 Å². The van der Waals surface area contributed by atoms with Gasteiger partial charge in [-0.15, -0.1) is 6.42 Å². The molecular weight excluding hydrogens is 216 g/mol. The van der Waals surface area contributed by atoms with Crippen LogP contribution >= 0.6 is 0 Å². The van der Waals surface area contributed by atoms with Gasteiger partial charge in [0, 0.05) is 5.56 Å². The first kappa shape index (κ1) is 12.8. The van der Waals surface area contributed by atoms with E-state index in [1.165, 1.54) is 0 Å². The number of terminal acetylenes is 1. The average molecular weight is 230 g/mol. The van der Waals surface area contributed by atoms with Crippen LogP contribution in [0.4, 0.5) is 0 Å². The Bertz CT molecular complexity index is 443. The van der Waals surface area contributed by atoms with E-state index in [1.54, 1.807) is 12.1 Å². The first-order valence-corrected chi connectivity index (χ1v) is 5.18. The van der Waals surface area contributed by atoms with Crippen molar-refractivity contribution in [1.29, 1.82) is 0 Å². The summed E-state index contributed by atoms with van der Waals surface area (Å²) in [5, 5.41) is 4.97. The molecule has 0 unspecified atom stereocenters. The van der Waals surface area contributed by atoms with Gasteiger partial charge >= 0.3 is 0 Å². The molecule has 88 valence electrons. The molecule has 0 atom stereocenters. The zero-order valence-electron chi connectivity index (χ0n) is 9.62. The summed E-state index contributed by atoms with van der Waals surface area (Å²) < 4.78 is 0. The minimum absolute atomic E-state index is 0.0750. The van der Waals surface area contributed by atoms with Crippen LogP contribution in [0, 0.1) is 19.3 Å². The molecule has 0 radical (unpaired) electrons. The Hall–Kier alpha value is -2.28. The molecule has 2 N–H and O–H groups in total. The Labute approximate surface area is 100 Å². The molecule has 0 aliphatic carbocycles. The Kier molecular flexibility index (Phi) is 4.77. The maximum Gasteiger partial charge on any atom is 0.251 e. The molecule has 2 amide bonds. The molecule has 0 aliphatic rings. The first-order chi connectivity index (χ1) is 8.13. The largest absolute Gasteiger partial charge is 0.344 e. The van der Waals surface area contributed by atoms with Crippen molar-refractivity contribution < 1.29 is 9.59 Å². The lowest BCUT2D eigenvalue weighted by atomic mass is 10.1. The second-order valence-electron chi connectivity index (χ2n) is 3.53. The lowest BCUT2D eigenvalue weighted by molar-refractivity contribution is -0.119. The summed E-state index contributed by atoms with van der Waals surface area (Å²) in [6.07, 6.45) is 4.99. The molecule has 0 spiro atoms. The molecule has 0 bridgehead atoms. The fourth-order valence-electron chi connectivity index (χ4n) is 1.18. The zero-order valence-corrected chi connectivity index (χ0v) is 9.62. The quantitative estimate of drug-likeness (QED) is 0.739. The van der Waals surface area contributed by atoms with Crippen molar-refractivity contribution in [3.8, 4) is 12.3 Å². The first-order valence-electron chi connectivity index (χ1n) is 5.18. The maximum absolute atomic E-state index is 11.6. The molecular formula is C13H14N2O2. The summed E-state index contributed by atoms with van der Waals surface area (Å²) in [7, 11) is 0. The standard InChI is InChI=1S/C13H14N2O2/c1-3-8-14-12(16)9-15-13(17)11-6-4-10(2)5-7-11/h1,4-7H,8-9H2,2H3,(H,14,16)(H,15,17). The third kappa shape index (κ3) is 4.39. The zero-order chi connectivity index (χ0) is 12.7. The molecule has 0 heterocycles. The van der Waals surface area contributed by atoms with Crippen LogP contribution in [0.2, 0.25) is 0 Å². The summed E-state index contributed by atoms with van der Waals surface area (Å²) >= 11 is 0. The van der Waals surface area contributed by atoms with Crippen molar-refractivity contribution in [2.24, 2.45) is 0 Å². The Morgan fingerprint density at radius 3 is 2.47 bits per heavy atom. The van der Waals surface area contributed by atoms with Gasteiger partial charge in [-0.3, -0.25) is 9.59 Å². The Morgan fingerprint density at radius 1 is 1.24 bits per heavy atom. The van der Waals surface area contributed by atoms with E-state index in [4.69, 9.17) is 6.42 Å². The third-order valence-corrected chi connectivity index (χ3v) is 2.11. The van der Waals surface area contributed by atoms with Crippen molar-refractivity contribution in [3.05, 3.63) is 35.4 Å². The number of rotatable bonds is 4. The summed E-state index contributed by atoms with van der Waals surface area (Å²) in [6, 6.07) is 7.11. The van der Waals surface area contributed by atoms with Crippen LogP contribution in [0.15, 0.2) is 24.3 Å². The molecule has 17 heavy (non-hydrogen) atoms. The second kappa shape index (κ2) is 6.33. The van der Waals surface area contributed by atoms with Crippen molar-refractivity contribution in [1.82, 2.24) is 10.6 Å². The van der Waals surface area contributed by atoms with Gasteiger partial charge in [0.15, 0.2) is 0 Å². The predicted octanol–water partition coefficient (Wildman–Crippen LogP) is 0.474. The molecule has 1 aromatic carbocycles.